The molecule has 0 radical (unpaired) electrons. The minimum Gasteiger partial charge on any atom is -0.387 e. The van der Waals surface area contributed by atoms with E-state index in [-0.39, 0.29) is 11.1 Å². The summed E-state index contributed by atoms with van der Waals surface area (Å²) in [6.45, 7) is 18.2. The molecule has 1 aromatic rings. The van der Waals surface area contributed by atoms with Gasteiger partial charge in [-0.25, -0.2) is 0 Å². The second kappa shape index (κ2) is 12.1. The highest BCUT2D eigenvalue weighted by molar-refractivity contribution is 5.33. The van der Waals surface area contributed by atoms with Gasteiger partial charge in [0.1, 0.15) is 0 Å². The number of aliphatic hydroxyl groups excluding tert-OH is 1. The quantitative estimate of drug-likeness (QED) is 0.267. The Morgan fingerprint density at radius 2 is 1.54 bits per heavy atom. The van der Waals surface area contributed by atoms with E-state index in [1.807, 2.05) is 0 Å². The maximum absolute atomic E-state index is 13.2. The smallest absolute Gasteiger partial charge is 0.387 e. The SMILES string of the molecule is CCC(C)(C)CCN(CCNCC(O)c1ccc(C2(C(F)(F)F)N=N2)cc1)CCNC(C)(C)CC. The van der Waals surface area contributed by atoms with E-state index in [4.69, 9.17) is 0 Å². The number of hydrogen-bond donors (Lipinski definition) is 3. The van der Waals surface area contributed by atoms with Crippen LogP contribution in [-0.2, 0) is 5.66 Å². The number of alkyl halides is 3. The van der Waals surface area contributed by atoms with Crippen molar-refractivity contribution in [2.45, 2.75) is 84.3 Å². The van der Waals surface area contributed by atoms with E-state index < -0.39 is 17.9 Å². The van der Waals surface area contributed by atoms with Gasteiger partial charge in [-0.05, 0) is 44.2 Å². The van der Waals surface area contributed by atoms with Crippen molar-refractivity contribution < 1.29 is 18.3 Å². The molecule has 0 aromatic heterocycles. The molecule has 0 amide bonds. The summed E-state index contributed by atoms with van der Waals surface area (Å²) in [6.07, 6.45) is -2.03. The average molecular weight is 500 g/mol. The van der Waals surface area contributed by atoms with Gasteiger partial charge in [0.05, 0.1) is 6.10 Å². The van der Waals surface area contributed by atoms with Gasteiger partial charge in [0.25, 0.3) is 0 Å². The fourth-order valence-corrected chi connectivity index (χ4v) is 3.62. The molecule has 1 unspecified atom stereocenters. The fraction of sp³-hybridized carbons (Fsp3) is 0.769. The van der Waals surface area contributed by atoms with Crippen molar-refractivity contribution in [2.24, 2.45) is 15.6 Å². The molecular formula is C26H44F3N5O. The van der Waals surface area contributed by atoms with Crippen LogP contribution in [0.3, 0.4) is 0 Å². The molecule has 1 aliphatic rings. The van der Waals surface area contributed by atoms with E-state index in [0.717, 1.165) is 45.4 Å². The summed E-state index contributed by atoms with van der Waals surface area (Å²) in [6, 6.07) is 5.71. The first-order valence-electron chi connectivity index (χ1n) is 12.7. The van der Waals surface area contributed by atoms with E-state index in [1.54, 1.807) is 0 Å². The second-order valence-corrected chi connectivity index (χ2v) is 11.0. The van der Waals surface area contributed by atoms with Gasteiger partial charge in [0.15, 0.2) is 0 Å². The lowest BCUT2D eigenvalue weighted by molar-refractivity contribution is -0.166. The lowest BCUT2D eigenvalue weighted by Crippen LogP contribution is -2.45. The number of aliphatic hydroxyl groups is 1. The van der Waals surface area contributed by atoms with Gasteiger partial charge in [-0.3, -0.25) is 0 Å². The van der Waals surface area contributed by atoms with Crippen molar-refractivity contribution in [3.05, 3.63) is 35.4 Å². The normalized spacial score (nSPS) is 16.7. The van der Waals surface area contributed by atoms with Gasteiger partial charge < -0.3 is 20.6 Å². The minimum atomic E-state index is -4.55. The van der Waals surface area contributed by atoms with Crippen molar-refractivity contribution in [1.82, 2.24) is 15.5 Å². The highest BCUT2D eigenvalue weighted by Gasteiger charge is 2.65. The van der Waals surface area contributed by atoms with E-state index in [2.05, 4.69) is 67.3 Å². The molecule has 3 N–H and O–H groups in total. The monoisotopic (exact) mass is 499 g/mol. The van der Waals surface area contributed by atoms with Crippen molar-refractivity contribution in [2.75, 3.05) is 39.3 Å². The van der Waals surface area contributed by atoms with Crippen LogP contribution in [0.2, 0.25) is 0 Å². The minimum absolute atomic E-state index is 0.0283. The topological polar surface area (TPSA) is 72.2 Å². The molecule has 0 aliphatic carbocycles. The highest BCUT2D eigenvalue weighted by Crippen LogP contribution is 2.52. The number of benzene rings is 1. The third-order valence-electron chi connectivity index (χ3n) is 7.31. The van der Waals surface area contributed by atoms with Crippen molar-refractivity contribution in [3.63, 3.8) is 0 Å². The van der Waals surface area contributed by atoms with Gasteiger partial charge in [-0.2, -0.15) is 13.2 Å². The Kier molecular flexibility index (Phi) is 10.3. The Morgan fingerprint density at radius 1 is 0.943 bits per heavy atom. The van der Waals surface area contributed by atoms with Crippen LogP contribution in [-0.4, -0.2) is 61.0 Å². The van der Waals surface area contributed by atoms with Crippen LogP contribution >= 0.6 is 0 Å². The van der Waals surface area contributed by atoms with E-state index in [1.165, 1.54) is 24.3 Å². The number of rotatable bonds is 16. The third-order valence-corrected chi connectivity index (χ3v) is 7.31. The van der Waals surface area contributed by atoms with Crippen LogP contribution in [0.1, 0.15) is 78.0 Å². The third kappa shape index (κ3) is 8.81. The van der Waals surface area contributed by atoms with Crippen molar-refractivity contribution in [1.29, 1.82) is 0 Å². The standard InChI is InChI=1S/C26H44F3N5O/c1-7-23(3,4)13-16-34(18-15-31-24(5,6)8-2)17-14-30-19-22(35)20-9-11-21(12-10-20)25(32-33-25)26(27,28)29/h9-12,22,30-31,35H,7-8,13-19H2,1-6H3. The summed E-state index contributed by atoms with van der Waals surface area (Å²) in [4.78, 5) is 2.45. The summed E-state index contributed by atoms with van der Waals surface area (Å²) in [7, 11) is 0. The Labute approximate surface area is 208 Å². The van der Waals surface area contributed by atoms with Crippen LogP contribution < -0.4 is 10.6 Å². The van der Waals surface area contributed by atoms with Gasteiger partial charge in [-0.15, -0.1) is 10.2 Å². The molecule has 0 bridgehead atoms. The van der Waals surface area contributed by atoms with Crippen LogP contribution in [0.5, 0.6) is 0 Å². The average Bonchev–Trinajstić information content (AvgIpc) is 3.62. The maximum atomic E-state index is 13.2. The Morgan fingerprint density at radius 3 is 2.06 bits per heavy atom. The molecule has 1 aromatic carbocycles. The maximum Gasteiger partial charge on any atom is 0.442 e. The first-order valence-corrected chi connectivity index (χ1v) is 12.7. The molecule has 1 heterocycles. The van der Waals surface area contributed by atoms with Gasteiger partial charge >= 0.3 is 11.8 Å². The fourth-order valence-electron chi connectivity index (χ4n) is 3.62. The van der Waals surface area contributed by atoms with E-state index in [9.17, 15) is 18.3 Å². The Bertz CT molecular complexity index is 802. The Hall–Kier alpha value is -1.55. The number of halogens is 3. The summed E-state index contributed by atoms with van der Waals surface area (Å²) in [5.41, 5.74) is -1.47. The molecule has 35 heavy (non-hydrogen) atoms. The molecule has 9 heteroatoms. The number of nitrogens with zero attached hydrogens (tertiary/aromatic N) is 3. The molecule has 1 atom stereocenters. The molecule has 0 saturated heterocycles. The molecule has 0 saturated carbocycles. The van der Waals surface area contributed by atoms with Gasteiger partial charge in [0, 0.05) is 43.8 Å². The molecule has 0 fully saturated rings. The number of nitrogens with one attached hydrogen (secondary N) is 2. The zero-order valence-electron chi connectivity index (χ0n) is 22.2. The number of hydrogen-bond acceptors (Lipinski definition) is 6. The molecule has 0 spiro atoms. The first-order chi connectivity index (χ1) is 16.3. The van der Waals surface area contributed by atoms with Crippen LogP contribution in [0.4, 0.5) is 13.2 Å². The molecule has 1 aliphatic heterocycles. The largest absolute Gasteiger partial charge is 0.442 e. The van der Waals surface area contributed by atoms with E-state index >= 15 is 0 Å². The zero-order chi connectivity index (χ0) is 26.3. The lowest BCUT2D eigenvalue weighted by atomic mass is 9.86. The van der Waals surface area contributed by atoms with Crippen molar-refractivity contribution >= 4 is 0 Å². The summed E-state index contributed by atoms with van der Waals surface area (Å²) in [5, 5.41) is 23.9. The molecule has 2 rings (SSSR count). The van der Waals surface area contributed by atoms with Crippen molar-refractivity contribution in [3.8, 4) is 0 Å². The predicted molar refractivity (Wildman–Crippen MR) is 134 cm³/mol. The molecular weight excluding hydrogens is 455 g/mol. The van der Waals surface area contributed by atoms with Gasteiger partial charge in [0.2, 0.25) is 0 Å². The van der Waals surface area contributed by atoms with Crippen LogP contribution in [0.25, 0.3) is 0 Å². The van der Waals surface area contributed by atoms with Gasteiger partial charge in [-0.1, -0.05) is 58.4 Å². The second-order valence-electron chi connectivity index (χ2n) is 11.0. The summed E-state index contributed by atoms with van der Waals surface area (Å²) >= 11 is 0. The van der Waals surface area contributed by atoms with Crippen LogP contribution in [0, 0.1) is 5.41 Å². The Balaban J connectivity index is 1.82. The zero-order valence-corrected chi connectivity index (χ0v) is 22.2. The highest BCUT2D eigenvalue weighted by atomic mass is 19.4. The van der Waals surface area contributed by atoms with E-state index in [0.29, 0.717) is 24.1 Å². The molecule has 6 nitrogen and oxygen atoms in total. The first kappa shape index (κ1) is 29.7. The molecule has 200 valence electrons. The summed E-state index contributed by atoms with van der Waals surface area (Å²) < 4.78 is 39.5. The van der Waals surface area contributed by atoms with Crippen LogP contribution in [0.15, 0.2) is 34.5 Å². The summed E-state index contributed by atoms with van der Waals surface area (Å²) in [5.74, 6) is 0. The predicted octanol–water partition coefficient (Wildman–Crippen LogP) is 5.40. The lowest BCUT2D eigenvalue weighted by Gasteiger charge is -2.31.